The first kappa shape index (κ1) is 9.94. The molecule has 1 unspecified atom stereocenters. The zero-order valence-corrected chi connectivity index (χ0v) is 7.44. The number of nitrogens with two attached hydrogens (primary N) is 1. The maximum atomic E-state index is 10.9. The van der Waals surface area contributed by atoms with Crippen LogP contribution < -0.4 is 5.14 Å². The summed E-state index contributed by atoms with van der Waals surface area (Å²) >= 11 is 0. The molecule has 0 aromatic rings. The Labute approximate surface area is 62.6 Å². The van der Waals surface area contributed by atoms with Crippen molar-refractivity contribution in [3.63, 3.8) is 0 Å². The Hall–Kier alpha value is -0.0600. The highest BCUT2D eigenvalue weighted by Gasteiger charge is 2.08. The average molecular weight is 165 g/mol. The second-order valence-electron chi connectivity index (χ2n) is 2.54. The molecule has 0 radical (unpaired) electrons. The molecule has 0 rings (SSSR count). The third-order valence-electron chi connectivity index (χ3n) is 1.37. The molecule has 0 bridgehead atoms. The van der Waals surface area contributed by atoms with Crippen LogP contribution in [0.1, 0.15) is 27.2 Å². The highest BCUT2D eigenvalue weighted by Crippen LogP contribution is 2.02. The van der Waals surface area contributed by atoms with Gasteiger partial charge >= 0.3 is 0 Å². The Morgan fingerprint density at radius 1 is 1.70 bits per heavy atom. The molecule has 0 heterocycles. The molecule has 0 aliphatic rings. The van der Waals surface area contributed by atoms with E-state index in [0.717, 1.165) is 0 Å². The van der Waals surface area contributed by atoms with E-state index in [4.69, 9.17) is 9.69 Å². The van der Waals surface area contributed by atoms with E-state index in [2.05, 4.69) is 0 Å². The Bertz CT molecular complexity index is 206. The van der Waals surface area contributed by atoms with Crippen molar-refractivity contribution in [3.8, 4) is 0 Å². The van der Waals surface area contributed by atoms with E-state index in [1.54, 1.807) is 0 Å². The predicted octanol–water partition coefficient (Wildman–Crippen LogP) is 0.856. The van der Waals surface area contributed by atoms with E-state index in [9.17, 15) is 4.21 Å². The summed E-state index contributed by atoms with van der Waals surface area (Å²) in [4.78, 5) is 0.535. The van der Waals surface area contributed by atoms with Crippen LogP contribution in [-0.4, -0.2) is 13.6 Å². The standard InChI is InChI=1S/C6H15NO2S/c1-4-6(5(2)3)10(7,8)9/h5H,4H2,1-3H3,(H3,7,8,9). The lowest BCUT2D eigenvalue weighted by Gasteiger charge is -2.09. The van der Waals surface area contributed by atoms with Crippen LogP contribution in [0.25, 0.3) is 0 Å². The second-order valence-corrected chi connectivity index (χ2v) is 4.20. The Morgan fingerprint density at radius 3 is 2.10 bits per heavy atom. The lowest BCUT2D eigenvalue weighted by Crippen LogP contribution is -2.25. The summed E-state index contributed by atoms with van der Waals surface area (Å²) in [5.74, 6) is 0.0903. The lowest BCUT2D eigenvalue weighted by atomic mass is 10.1. The largest absolute Gasteiger partial charge is 0.302 e. The van der Waals surface area contributed by atoms with Crippen molar-refractivity contribution < 1.29 is 8.76 Å². The molecule has 0 saturated carbocycles. The maximum absolute atomic E-state index is 10.9. The Morgan fingerprint density at radius 2 is 2.10 bits per heavy atom. The van der Waals surface area contributed by atoms with E-state index in [1.165, 1.54) is 0 Å². The molecular formula is C6H15NO2S. The summed E-state index contributed by atoms with van der Waals surface area (Å²) < 4.78 is 19.8. The van der Waals surface area contributed by atoms with Crippen molar-refractivity contribution in [1.29, 1.82) is 0 Å². The molecule has 4 heteroatoms. The van der Waals surface area contributed by atoms with Crippen molar-refractivity contribution in [3.05, 3.63) is 0 Å². The molecule has 3 N–H and O–H groups in total. The average Bonchev–Trinajstić information content (AvgIpc) is 1.60. The SMILES string of the molecule is CCC(C(C)C)=S(N)(=O)O. The minimum Gasteiger partial charge on any atom is -0.302 e. The molecule has 0 aliphatic carbocycles. The summed E-state index contributed by atoms with van der Waals surface area (Å²) in [5, 5.41) is 5.04. The molecular weight excluding hydrogens is 150 g/mol. The zero-order valence-electron chi connectivity index (χ0n) is 6.63. The molecule has 0 fully saturated rings. The maximum Gasteiger partial charge on any atom is 0.142 e. The first-order valence-electron chi connectivity index (χ1n) is 3.29. The van der Waals surface area contributed by atoms with Crippen molar-refractivity contribution in [2.45, 2.75) is 27.2 Å². The molecule has 1 atom stereocenters. The van der Waals surface area contributed by atoms with Crippen LogP contribution in [0.15, 0.2) is 0 Å². The highest BCUT2D eigenvalue weighted by atomic mass is 32.2. The van der Waals surface area contributed by atoms with Gasteiger partial charge in [-0.25, -0.2) is 9.35 Å². The quantitative estimate of drug-likeness (QED) is 0.596. The number of rotatable bonds is 2. The van der Waals surface area contributed by atoms with Gasteiger partial charge in [-0.2, -0.15) is 0 Å². The van der Waals surface area contributed by atoms with Gasteiger partial charge in [-0.1, -0.05) is 20.8 Å². The molecule has 0 aliphatic heterocycles. The summed E-state index contributed by atoms with van der Waals surface area (Å²) in [5.41, 5.74) is 0. The monoisotopic (exact) mass is 165 g/mol. The highest BCUT2D eigenvalue weighted by molar-refractivity contribution is 7.95. The van der Waals surface area contributed by atoms with Crippen molar-refractivity contribution in [1.82, 2.24) is 0 Å². The van der Waals surface area contributed by atoms with E-state index in [0.29, 0.717) is 11.3 Å². The van der Waals surface area contributed by atoms with Crippen molar-refractivity contribution in [2.75, 3.05) is 0 Å². The van der Waals surface area contributed by atoms with Crippen LogP contribution in [0.2, 0.25) is 0 Å². The zero-order chi connectivity index (χ0) is 8.36. The fraction of sp³-hybridized carbons (Fsp3) is 0.833. The normalized spacial score (nSPS) is 17.0. The summed E-state index contributed by atoms with van der Waals surface area (Å²) in [7, 11) is -3.15. The summed E-state index contributed by atoms with van der Waals surface area (Å²) in [6.07, 6.45) is 0.573. The summed E-state index contributed by atoms with van der Waals surface area (Å²) in [6.45, 7) is 5.56. The first-order valence-corrected chi connectivity index (χ1v) is 4.87. The van der Waals surface area contributed by atoms with E-state index in [-0.39, 0.29) is 5.92 Å². The van der Waals surface area contributed by atoms with Gasteiger partial charge in [-0.15, -0.1) is 0 Å². The number of hydrogen-bond acceptors (Lipinski definition) is 1. The first-order chi connectivity index (χ1) is 4.39. The lowest BCUT2D eigenvalue weighted by molar-refractivity contribution is 0.559. The minimum atomic E-state index is -3.15. The predicted molar refractivity (Wildman–Crippen MR) is 45.1 cm³/mol. The van der Waals surface area contributed by atoms with E-state index >= 15 is 0 Å². The summed E-state index contributed by atoms with van der Waals surface area (Å²) in [6, 6.07) is 0. The van der Waals surface area contributed by atoms with E-state index < -0.39 is 9.99 Å². The molecule has 3 nitrogen and oxygen atoms in total. The molecule has 0 aromatic carbocycles. The third kappa shape index (κ3) is 2.68. The molecule has 10 heavy (non-hydrogen) atoms. The fourth-order valence-electron chi connectivity index (χ4n) is 0.953. The van der Waals surface area contributed by atoms with Gasteiger partial charge in [0.2, 0.25) is 0 Å². The Kier molecular flexibility index (Phi) is 3.35. The van der Waals surface area contributed by atoms with Crippen LogP contribution in [0.5, 0.6) is 0 Å². The van der Waals surface area contributed by atoms with Crippen LogP contribution in [-0.2, 0) is 9.99 Å². The Balaban J connectivity index is 4.86. The van der Waals surface area contributed by atoms with Crippen LogP contribution in [0.3, 0.4) is 0 Å². The molecule has 0 spiro atoms. The van der Waals surface area contributed by atoms with Gasteiger partial charge in [0, 0.05) is 4.86 Å². The van der Waals surface area contributed by atoms with Gasteiger partial charge in [0.25, 0.3) is 0 Å². The van der Waals surface area contributed by atoms with Crippen molar-refractivity contribution in [2.24, 2.45) is 11.1 Å². The third-order valence-corrected chi connectivity index (χ3v) is 2.88. The minimum absolute atomic E-state index is 0.0903. The van der Waals surface area contributed by atoms with Gasteiger partial charge in [0.15, 0.2) is 0 Å². The van der Waals surface area contributed by atoms with Gasteiger partial charge in [-0.05, 0) is 12.3 Å². The van der Waals surface area contributed by atoms with Crippen molar-refractivity contribution >= 4 is 14.9 Å². The van der Waals surface area contributed by atoms with E-state index in [1.807, 2.05) is 20.8 Å². The smallest absolute Gasteiger partial charge is 0.142 e. The fourth-order valence-corrected chi connectivity index (χ4v) is 2.04. The van der Waals surface area contributed by atoms with Gasteiger partial charge in [0.1, 0.15) is 9.99 Å². The second kappa shape index (κ2) is 3.37. The van der Waals surface area contributed by atoms with Crippen LogP contribution in [0.4, 0.5) is 0 Å². The van der Waals surface area contributed by atoms with Crippen LogP contribution >= 0.6 is 0 Å². The van der Waals surface area contributed by atoms with Gasteiger partial charge < -0.3 is 4.55 Å². The van der Waals surface area contributed by atoms with Crippen LogP contribution in [0, 0.1) is 5.92 Å². The molecule has 62 valence electrons. The molecule has 0 saturated heterocycles. The molecule has 0 aromatic heterocycles. The van der Waals surface area contributed by atoms with Gasteiger partial charge in [-0.3, -0.25) is 0 Å². The van der Waals surface area contributed by atoms with Gasteiger partial charge in [0.05, 0.1) is 0 Å². The molecule has 0 amide bonds. The number of hydrogen-bond donors (Lipinski definition) is 2. The topological polar surface area (TPSA) is 63.3 Å².